The van der Waals surface area contributed by atoms with Crippen LogP contribution >= 0.6 is 0 Å². The summed E-state index contributed by atoms with van der Waals surface area (Å²) in [6.45, 7) is 6.20. The van der Waals surface area contributed by atoms with Crippen molar-refractivity contribution in [1.29, 1.82) is 0 Å². The van der Waals surface area contributed by atoms with E-state index in [1.54, 1.807) is 11.8 Å². The first-order chi connectivity index (χ1) is 14.2. The van der Waals surface area contributed by atoms with Crippen LogP contribution in [-0.2, 0) is 16.4 Å². The maximum absolute atomic E-state index is 13.2. The average molecular weight is 436 g/mol. The van der Waals surface area contributed by atoms with Crippen LogP contribution in [0.1, 0.15) is 52.4 Å². The predicted molar refractivity (Wildman–Crippen MR) is 111 cm³/mol. The van der Waals surface area contributed by atoms with Gasteiger partial charge in [0.2, 0.25) is 10.0 Å². The summed E-state index contributed by atoms with van der Waals surface area (Å²) in [6, 6.07) is 4.73. The van der Waals surface area contributed by atoms with Gasteiger partial charge >= 0.3 is 0 Å². The van der Waals surface area contributed by atoms with Crippen molar-refractivity contribution < 1.29 is 22.4 Å². The monoisotopic (exact) mass is 435 g/mol. The highest BCUT2D eigenvalue weighted by Gasteiger charge is 2.30. The van der Waals surface area contributed by atoms with E-state index < -0.39 is 15.8 Å². The number of Topliss-reactive ketones (excluding diaryl/α,β-unsaturated/α-hetero) is 1. The number of nitrogens with zero attached hydrogens (tertiary/aromatic N) is 2. The van der Waals surface area contributed by atoms with Gasteiger partial charge in [0.15, 0.2) is 5.78 Å². The molecule has 30 heavy (non-hydrogen) atoms. The summed E-state index contributed by atoms with van der Waals surface area (Å²) in [5.74, 6) is -0.824. The van der Waals surface area contributed by atoms with Crippen LogP contribution in [0.2, 0.25) is 0 Å². The number of sulfonamides is 1. The minimum atomic E-state index is -3.77. The summed E-state index contributed by atoms with van der Waals surface area (Å²) in [6.07, 6.45) is 1.02. The number of carbonyl (C=O) groups is 2. The lowest BCUT2D eigenvalue weighted by molar-refractivity contribution is 0.0758. The first-order valence-corrected chi connectivity index (χ1v) is 11.4. The van der Waals surface area contributed by atoms with Crippen molar-refractivity contribution >= 4 is 21.7 Å². The van der Waals surface area contributed by atoms with Gasteiger partial charge in [-0.05, 0) is 56.5 Å². The Labute approximate surface area is 175 Å². The van der Waals surface area contributed by atoms with Crippen LogP contribution in [0.15, 0.2) is 29.2 Å². The number of aryl methyl sites for hydroxylation is 1. The number of halogens is 1. The summed E-state index contributed by atoms with van der Waals surface area (Å²) in [5, 5.41) is 0. The summed E-state index contributed by atoms with van der Waals surface area (Å²) in [7, 11) is -3.77. The molecular formula is C21H26FN3O4S. The number of nitrogens with one attached hydrogen (secondary N) is 1. The van der Waals surface area contributed by atoms with E-state index in [4.69, 9.17) is 0 Å². The number of aromatic nitrogens is 1. The largest absolute Gasteiger partial charge is 0.354 e. The molecule has 0 aliphatic carbocycles. The van der Waals surface area contributed by atoms with Crippen molar-refractivity contribution in [3.63, 3.8) is 0 Å². The maximum Gasteiger partial charge on any atom is 0.270 e. The highest BCUT2D eigenvalue weighted by atomic mass is 32.2. The van der Waals surface area contributed by atoms with Gasteiger partial charge in [0, 0.05) is 37.4 Å². The number of amides is 1. The van der Waals surface area contributed by atoms with Crippen LogP contribution in [0.4, 0.5) is 4.39 Å². The fourth-order valence-electron chi connectivity index (χ4n) is 3.94. The third-order valence-corrected chi connectivity index (χ3v) is 7.32. The molecule has 162 valence electrons. The van der Waals surface area contributed by atoms with Crippen molar-refractivity contribution in [2.45, 2.75) is 38.5 Å². The zero-order chi connectivity index (χ0) is 22.1. The summed E-state index contributed by atoms with van der Waals surface area (Å²) in [4.78, 5) is 29.8. The molecule has 1 saturated heterocycles. The van der Waals surface area contributed by atoms with Gasteiger partial charge in [-0.15, -0.1) is 0 Å². The highest BCUT2D eigenvalue weighted by molar-refractivity contribution is 7.89. The summed E-state index contributed by atoms with van der Waals surface area (Å²) >= 11 is 0. The second kappa shape index (κ2) is 8.69. The molecule has 1 fully saturated rings. The molecule has 1 amide bonds. The average Bonchev–Trinajstić information content (AvgIpc) is 2.87. The quantitative estimate of drug-likeness (QED) is 0.731. The van der Waals surface area contributed by atoms with Crippen LogP contribution in [0.3, 0.4) is 0 Å². The van der Waals surface area contributed by atoms with Crippen molar-refractivity contribution in [3.05, 3.63) is 52.6 Å². The second-order valence-corrected chi connectivity index (χ2v) is 9.33. The molecule has 1 aliphatic heterocycles. The number of ketones is 1. The van der Waals surface area contributed by atoms with Crippen LogP contribution in [0.25, 0.3) is 0 Å². The first kappa shape index (κ1) is 22.2. The SMILES string of the molecule is CCc1c(C(=O)N2CCCN(S(=O)(=O)c3ccc(F)cc3)CC2)[nH]c(C)c1C(C)=O. The predicted octanol–water partition coefficient (Wildman–Crippen LogP) is 2.76. The van der Waals surface area contributed by atoms with E-state index in [1.807, 2.05) is 6.92 Å². The Balaban J connectivity index is 1.80. The van der Waals surface area contributed by atoms with E-state index >= 15 is 0 Å². The van der Waals surface area contributed by atoms with Crippen molar-refractivity contribution in [2.24, 2.45) is 0 Å². The van der Waals surface area contributed by atoms with Gasteiger partial charge in [0.05, 0.1) is 4.90 Å². The van der Waals surface area contributed by atoms with Crippen molar-refractivity contribution in [2.75, 3.05) is 26.2 Å². The molecule has 0 spiro atoms. The smallest absolute Gasteiger partial charge is 0.270 e. The van der Waals surface area contributed by atoms with Crippen LogP contribution in [0, 0.1) is 12.7 Å². The molecule has 1 aromatic carbocycles. The van der Waals surface area contributed by atoms with E-state index in [9.17, 15) is 22.4 Å². The molecule has 3 rings (SSSR count). The number of hydrogen-bond donors (Lipinski definition) is 1. The number of hydrogen-bond acceptors (Lipinski definition) is 4. The van der Waals surface area contributed by atoms with E-state index in [0.29, 0.717) is 41.9 Å². The van der Waals surface area contributed by atoms with E-state index in [1.165, 1.54) is 23.4 Å². The number of carbonyl (C=O) groups excluding carboxylic acids is 2. The van der Waals surface area contributed by atoms with E-state index in [2.05, 4.69) is 4.98 Å². The van der Waals surface area contributed by atoms with Crippen LogP contribution in [-0.4, -0.2) is 60.5 Å². The maximum atomic E-state index is 13.2. The van der Waals surface area contributed by atoms with Gasteiger partial charge in [-0.3, -0.25) is 9.59 Å². The number of H-pyrrole nitrogens is 1. The lowest BCUT2D eigenvalue weighted by Crippen LogP contribution is -2.37. The number of rotatable bonds is 5. The molecule has 0 atom stereocenters. The molecule has 2 heterocycles. The van der Waals surface area contributed by atoms with Gasteiger partial charge in [-0.25, -0.2) is 12.8 Å². The lowest BCUT2D eigenvalue weighted by atomic mass is 10.0. The topological polar surface area (TPSA) is 90.6 Å². The Morgan fingerprint density at radius 1 is 1.10 bits per heavy atom. The first-order valence-electron chi connectivity index (χ1n) is 9.94. The Bertz CT molecular complexity index is 1060. The molecule has 9 heteroatoms. The normalized spacial score (nSPS) is 15.8. The lowest BCUT2D eigenvalue weighted by Gasteiger charge is -2.22. The third kappa shape index (κ3) is 4.17. The Hall–Kier alpha value is -2.52. The zero-order valence-electron chi connectivity index (χ0n) is 17.4. The van der Waals surface area contributed by atoms with Gasteiger partial charge in [0.25, 0.3) is 5.91 Å². The van der Waals surface area contributed by atoms with E-state index in [0.717, 1.165) is 12.1 Å². The molecule has 1 aromatic heterocycles. The molecule has 0 radical (unpaired) electrons. The molecule has 0 bridgehead atoms. The molecule has 7 nitrogen and oxygen atoms in total. The minimum Gasteiger partial charge on any atom is -0.354 e. The fourth-order valence-corrected chi connectivity index (χ4v) is 5.41. The molecule has 0 unspecified atom stereocenters. The highest BCUT2D eigenvalue weighted by Crippen LogP contribution is 2.23. The Morgan fingerprint density at radius 2 is 1.77 bits per heavy atom. The van der Waals surface area contributed by atoms with Gasteiger partial charge in [0.1, 0.15) is 11.5 Å². The summed E-state index contributed by atoms with van der Waals surface area (Å²) < 4.78 is 40.2. The molecule has 1 N–H and O–H groups in total. The van der Waals surface area contributed by atoms with Gasteiger partial charge in [-0.1, -0.05) is 6.92 Å². The minimum absolute atomic E-state index is 0.0306. The van der Waals surface area contributed by atoms with Gasteiger partial charge in [-0.2, -0.15) is 4.31 Å². The van der Waals surface area contributed by atoms with Crippen LogP contribution in [0.5, 0.6) is 0 Å². The fraction of sp³-hybridized carbons (Fsp3) is 0.429. The van der Waals surface area contributed by atoms with Crippen molar-refractivity contribution in [3.8, 4) is 0 Å². The van der Waals surface area contributed by atoms with Crippen LogP contribution < -0.4 is 0 Å². The van der Waals surface area contributed by atoms with Gasteiger partial charge < -0.3 is 9.88 Å². The number of aromatic amines is 1. The molecular weight excluding hydrogens is 409 g/mol. The molecule has 0 saturated carbocycles. The zero-order valence-corrected chi connectivity index (χ0v) is 18.2. The van der Waals surface area contributed by atoms with E-state index in [-0.39, 0.29) is 36.2 Å². The Kier molecular flexibility index (Phi) is 6.42. The molecule has 2 aromatic rings. The third-order valence-electron chi connectivity index (χ3n) is 5.40. The molecule has 1 aliphatic rings. The number of benzene rings is 1. The standard InChI is InChI=1S/C21H26FN3O4S/c1-4-18-19(15(3)26)14(2)23-20(18)21(27)24-10-5-11-25(13-12-24)30(28,29)17-8-6-16(22)7-9-17/h6-9,23H,4-5,10-13H2,1-3H3. The van der Waals surface area contributed by atoms with Crippen molar-refractivity contribution in [1.82, 2.24) is 14.2 Å². The summed E-state index contributed by atoms with van der Waals surface area (Å²) in [5.41, 5.74) is 2.31. The Morgan fingerprint density at radius 3 is 2.37 bits per heavy atom. The second-order valence-electron chi connectivity index (χ2n) is 7.39.